The van der Waals surface area contributed by atoms with E-state index >= 15 is 0 Å². The fourth-order valence-corrected chi connectivity index (χ4v) is 3.41. The molecule has 2 rings (SSSR count). The smallest absolute Gasteiger partial charge is 0.0470 e. The van der Waals surface area contributed by atoms with Crippen LogP contribution in [-0.2, 0) is 0 Å². The van der Waals surface area contributed by atoms with Crippen molar-refractivity contribution in [1.29, 1.82) is 0 Å². The molecule has 3 nitrogen and oxygen atoms in total. The third-order valence-corrected chi connectivity index (χ3v) is 4.72. The third-order valence-electron chi connectivity index (χ3n) is 4.19. The minimum absolute atomic E-state index is 0.364. The molecule has 0 spiro atoms. The van der Waals surface area contributed by atoms with Gasteiger partial charge in [-0.2, -0.15) is 0 Å². The highest BCUT2D eigenvalue weighted by atomic mass is 79.9. The van der Waals surface area contributed by atoms with E-state index < -0.39 is 0 Å². The SMILES string of the molecule is CN(C)CC1CCN(C(CN)c2ccc(Br)cc2)CC1. The molecule has 20 heavy (non-hydrogen) atoms. The Morgan fingerprint density at radius 3 is 2.35 bits per heavy atom. The summed E-state index contributed by atoms with van der Waals surface area (Å²) in [5, 5.41) is 0. The van der Waals surface area contributed by atoms with Gasteiger partial charge >= 0.3 is 0 Å². The summed E-state index contributed by atoms with van der Waals surface area (Å²) in [5.74, 6) is 0.838. The minimum atomic E-state index is 0.364. The van der Waals surface area contributed by atoms with Crippen molar-refractivity contribution in [3.63, 3.8) is 0 Å². The molecule has 1 aliphatic heterocycles. The second-order valence-corrected chi connectivity index (χ2v) is 6.96. The van der Waals surface area contributed by atoms with Gasteiger partial charge in [-0.1, -0.05) is 28.1 Å². The van der Waals surface area contributed by atoms with Crippen LogP contribution in [-0.4, -0.2) is 50.1 Å². The summed E-state index contributed by atoms with van der Waals surface area (Å²) in [4.78, 5) is 4.85. The highest BCUT2D eigenvalue weighted by Crippen LogP contribution is 2.27. The molecule has 1 unspecified atom stereocenters. The zero-order valence-corrected chi connectivity index (χ0v) is 14.1. The molecule has 1 fully saturated rings. The van der Waals surface area contributed by atoms with E-state index in [1.54, 1.807) is 0 Å². The lowest BCUT2D eigenvalue weighted by molar-refractivity contribution is 0.122. The molecule has 2 N–H and O–H groups in total. The van der Waals surface area contributed by atoms with Crippen molar-refractivity contribution in [1.82, 2.24) is 9.80 Å². The van der Waals surface area contributed by atoms with E-state index in [0.717, 1.165) is 23.5 Å². The third kappa shape index (κ3) is 4.29. The fourth-order valence-electron chi connectivity index (χ4n) is 3.14. The van der Waals surface area contributed by atoms with Crippen molar-refractivity contribution in [2.75, 3.05) is 40.3 Å². The van der Waals surface area contributed by atoms with Crippen LogP contribution in [0.3, 0.4) is 0 Å². The largest absolute Gasteiger partial charge is 0.329 e. The number of benzene rings is 1. The van der Waals surface area contributed by atoms with Gasteiger partial charge < -0.3 is 10.6 Å². The van der Waals surface area contributed by atoms with E-state index in [-0.39, 0.29) is 0 Å². The van der Waals surface area contributed by atoms with Crippen molar-refractivity contribution < 1.29 is 0 Å². The Hall–Kier alpha value is -0.420. The molecule has 1 aromatic rings. The molecule has 0 aromatic heterocycles. The van der Waals surface area contributed by atoms with Crippen molar-refractivity contribution >= 4 is 15.9 Å². The zero-order chi connectivity index (χ0) is 14.5. The number of nitrogens with two attached hydrogens (primary N) is 1. The van der Waals surface area contributed by atoms with E-state index in [1.807, 2.05) is 0 Å². The van der Waals surface area contributed by atoms with E-state index in [0.29, 0.717) is 12.6 Å². The maximum Gasteiger partial charge on any atom is 0.0470 e. The van der Waals surface area contributed by atoms with Gasteiger partial charge in [0, 0.05) is 23.6 Å². The van der Waals surface area contributed by atoms with Gasteiger partial charge in [-0.3, -0.25) is 4.90 Å². The maximum atomic E-state index is 6.03. The van der Waals surface area contributed by atoms with Crippen LogP contribution in [0.1, 0.15) is 24.4 Å². The molecule has 1 heterocycles. The monoisotopic (exact) mass is 339 g/mol. The van der Waals surface area contributed by atoms with Crippen LogP contribution in [0.5, 0.6) is 0 Å². The zero-order valence-electron chi connectivity index (χ0n) is 12.6. The average Bonchev–Trinajstić information content (AvgIpc) is 2.43. The number of halogens is 1. The molecule has 0 amide bonds. The molecule has 0 aliphatic carbocycles. The van der Waals surface area contributed by atoms with Crippen molar-refractivity contribution in [2.24, 2.45) is 11.7 Å². The van der Waals surface area contributed by atoms with Crippen LogP contribution in [0.4, 0.5) is 0 Å². The molecule has 0 bridgehead atoms. The number of hydrogen-bond acceptors (Lipinski definition) is 3. The van der Waals surface area contributed by atoms with E-state index in [1.165, 1.54) is 24.9 Å². The minimum Gasteiger partial charge on any atom is -0.329 e. The number of nitrogens with zero attached hydrogens (tertiary/aromatic N) is 2. The van der Waals surface area contributed by atoms with Gasteiger partial charge in [0.05, 0.1) is 0 Å². The summed E-state index contributed by atoms with van der Waals surface area (Å²) in [7, 11) is 4.33. The summed E-state index contributed by atoms with van der Waals surface area (Å²) >= 11 is 3.49. The molecule has 1 aliphatic rings. The lowest BCUT2D eigenvalue weighted by Crippen LogP contribution is -2.41. The topological polar surface area (TPSA) is 32.5 Å². The second kappa shape index (κ2) is 7.55. The van der Waals surface area contributed by atoms with Crippen molar-refractivity contribution in [3.05, 3.63) is 34.3 Å². The second-order valence-electron chi connectivity index (χ2n) is 6.04. The van der Waals surface area contributed by atoms with E-state index in [2.05, 4.69) is 64.1 Å². The first-order chi connectivity index (χ1) is 9.60. The maximum absolute atomic E-state index is 6.03. The Balaban J connectivity index is 1.95. The molecule has 1 aromatic carbocycles. The van der Waals surface area contributed by atoms with E-state index in [9.17, 15) is 0 Å². The Morgan fingerprint density at radius 2 is 1.85 bits per heavy atom. The van der Waals surface area contributed by atoms with Crippen LogP contribution in [0, 0.1) is 5.92 Å². The molecule has 1 saturated heterocycles. The quantitative estimate of drug-likeness (QED) is 0.895. The lowest BCUT2D eigenvalue weighted by atomic mass is 9.94. The summed E-state index contributed by atoms with van der Waals surface area (Å²) in [6.45, 7) is 4.23. The Morgan fingerprint density at radius 1 is 1.25 bits per heavy atom. The van der Waals surface area contributed by atoms with Crippen LogP contribution in [0.25, 0.3) is 0 Å². The van der Waals surface area contributed by atoms with Crippen molar-refractivity contribution in [2.45, 2.75) is 18.9 Å². The average molecular weight is 340 g/mol. The van der Waals surface area contributed by atoms with Crippen molar-refractivity contribution in [3.8, 4) is 0 Å². The van der Waals surface area contributed by atoms with Crippen LogP contribution in [0.15, 0.2) is 28.7 Å². The molecule has 4 heteroatoms. The number of hydrogen-bond donors (Lipinski definition) is 1. The summed E-state index contributed by atoms with van der Waals surface area (Å²) in [6.07, 6.45) is 2.57. The van der Waals surface area contributed by atoms with Crippen LogP contribution in [0.2, 0.25) is 0 Å². The molecular formula is C16H26BrN3. The highest BCUT2D eigenvalue weighted by Gasteiger charge is 2.25. The first-order valence-electron chi connectivity index (χ1n) is 7.44. The Bertz CT molecular complexity index is 397. The van der Waals surface area contributed by atoms with E-state index in [4.69, 9.17) is 5.73 Å². The number of likely N-dealkylation sites (tertiary alicyclic amines) is 1. The summed E-state index contributed by atoms with van der Waals surface area (Å²) in [5.41, 5.74) is 7.36. The van der Waals surface area contributed by atoms with Gasteiger partial charge in [-0.05, 0) is 63.6 Å². The molecule has 0 radical (unpaired) electrons. The van der Waals surface area contributed by atoms with Crippen LogP contribution >= 0.6 is 15.9 Å². The fraction of sp³-hybridized carbons (Fsp3) is 0.625. The van der Waals surface area contributed by atoms with Gasteiger partial charge in [0.2, 0.25) is 0 Å². The first kappa shape index (κ1) is 16.0. The first-order valence-corrected chi connectivity index (χ1v) is 8.23. The summed E-state index contributed by atoms with van der Waals surface area (Å²) < 4.78 is 1.13. The number of piperidine rings is 1. The van der Waals surface area contributed by atoms with Gasteiger partial charge in [0.1, 0.15) is 0 Å². The predicted molar refractivity (Wildman–Crippen MR) is 88.8 cm³/mol. The van der Waals surface area contributed by atoms with Crippen LogP contribution < -0.4 is 5.73 Å². The highest BCUT2D eigenvalue weighted by molar-refractivity contribution is 9.10. The Labute approximate surface area is 131 Å². The Kier molecular flexibility index (Phi) is 6.02. The lowest BCUT2D eigenvalue weighted by Gasteiger charge is -2.38. The van der Waals surface area contributed by atoms with Gasteiger partial charge in [-0.15, -0.1) is 0 Å². The number of rotatable bonds is 5. The van der Waals surface area contributed by atoms with Gasteiger partial charge in [0.25, 0.3) is 0 Å². The molecule has 112 valence electrons. The predicted octanol–water partition coefficient (Wildman–Crippen LogP) is 2.72. The van der Waals surface area contributed by atoms with Gasteiger partial charge in [0.15, 0.2) is 0 Å². The molecule has 1 atom stereocenters. The summed E-state index contributed by atoms with van der Waals surface area (Å²) in [6, 6.07) is 8.96. The molecule has 0 saturated carbocycles. The molecular weight excluding hydrogens is 314 g/mol. The van der Waals surface area contributed by atoms with Gasteiger partial charge in [-0.25, -0.2) is 0 Å². The normalized spacial score (nSPS) is 19.4. The standard InChI is InChI=1S/C16H26BrN3/c1-19(2)12-13-7-9-20(10-8-13)16(11-18)14-3-5-15(17)6-4-14/h3-6,13,16H,7-12,18H2,1-2H3.